The van der Waals surface area contributed by atoms with E-state index in [9.17, 15) is 5.26 Å². The van der Waals surface area contributed by atoms with E-state index in [1.807, 2.05) is 12.4 Å². The molecule has 0 fully saturated rings. The average Bonchev–Trinajstić information content (AvgIpc) is 1.55. The number of nitriles is 1. The van der Waals surface area contributed by atoms with Crippen LogP contribution in [0.5, 0.6) is 0 Å². The second-order valence-corrected chi connectivity index (χ2v) is 24.2. The van der Waals surface area contributed by atoms with Gasteiger partial charge in [-0.25, -0.2) is 0 Å². The van der Waals surface area contributed by atoms with Gasteiger partial charge >= 0.3 is 0 Å². The number of nitrogens with zero attached hydrogens (tertiary/aromatic N) is 8. The van der Waals surface area contributed by atoms with E-state index in [-0.39, 0.29) is 0 Å². The zero-order chi connectivity index (χ0) is 60.3. The van der Waals surface area contributed by atoms with Gasteiger partial charge < -0.3 is 27.4 Å². The van der Waals surface area contributed by atoms with Gasteiger partial charge in [-0.3, -0.25) is 4.98 Å². The van der Waals surface area contributed by atoms with E-state index in [1.54, 1.807) is 0 Å². The van der Waals surface area contributed by atoms with E-state index in [1.165, 1.54) is 43.1 Å². The molecule has 426 valence electrons. The Kier molecular flexibility index (Phi) is 10.5. The normalized spacial score (nSPS) is 12.1. The Labute approximate surface area is 526 Å². The molecule has 0 amide bonds. The molecule has 8 nitrogen and oxygen atoms in total. The molecule has 0 radical (unpaired) electrons. The van der Waals surface area contributed by atoms with Gasteiger partial charge in [-0.05, 0) is 151 Å². The van der Waals surface area contributed by atoms with Crippen LogP contribution in [0.15, 0.2) is 304 Å². The van der Waals surface area contributed by atoms with E-state index in [0.717, 1.165) is 133 Å². The molecule has 0 saturated heterocycles. The van der Waals surface area contributed by atoms with E-state index < -0.39 is 0 Å². The van der Waals surface area contributed by atoms with E-state index >= 15 is 0 Å². The monoisotopic (exact) mass is 1170 g/mol. The lowest BCUT2D eigenvalue weighted by Crippen LogP contribution is -2.05. The summed E-state index contributed by atoms with van der Waals surface area (Å²) in [5, 5.41) is 25.5. The first-order chi connectivity index (χ1) is 45.6. The van der Waals surface area contributed by atoms with E-state index in [4.69, 9.17) is 0 Å². The van der Waals surface area contributed by atoms with Gasteiger partial charge in [-0.2, -0.15) is 5.26 Å². The third-order valence-corrected chi connectivity index (χ3v) is 19.5. The van der Waals surface area contributed by atoms with Crippen LogP contribution in [0.2, 0.25) is 0 Å². The smallest absolute Gasteiger partial charge is 0.0993 e. The van der Waals surface area contributed by atoms with Crippen LogP contribution in [-0.4, -0.2) is 32.4 Å². The average molecular weight is 1170 g/mol. The number of hydrogen-bond donors (Lipinski definition) is 0. The van der Waals surface area contributed by atoms with E-state index in [2.05, 4.69) is 330 Å². The summed E-state index contributed by atoms with van der Waals surface area (Å²) < 4.78 is 14.4. The van der Waals surface area contributed by atoms with Crippen LogP contribution in [-0.2, 0) is 0 Å². The Morgan fingerprint density at radius 2 is 0.457 bits per heavy atom. The van der Waals surface area contributed by atoms with Crippen molar-refractivity contribution in [3.8, 4) is 51.3 Å². The molecule has 0 aliphatic heterocycles. The summed E-state index contributed by atoms with van der Waals surface area (Å²) in [7, 11) is 0. The third kappa shape index (κ3) is 7.01. The summed E-state index contributed by atoms with van der Waals surface area (Å²) in [6, 6.07) is 109. The molecule has 7 aromatic heterocycles. The SMILES string of the molecule is N#Cc1cc(-n2c3ccc(-n4c5ccccc5c5ccccc54)cc3c3cc(-n4c5ccccc5c5ccccc54)ccc32)c(-c2ccncc2)c(-n2c3ccc(-n4c5ccccc5c5ccccc54)cc3c3cc(-n4c5ccccc5c5ccccc54)ccc32)c1. The number of para-hydroxylation sites is 8. The summed E-state index contributed by atoms with van der Waals surface area (Å²) >= 11 is 0. The Morgan fingerprint density at radius 1 is 0.228 bits per heavy atom. The van der Waals surface area contributed by atoms with Gasteiger partial charge in [0.05, 0.1) is 89.2 Å². The molecule has 0 bridgehead atoms. The van der Waals surface area contributed by atoms with Gasteiger partial charge in [0.2, 0.25) is 0 Å². The largest absolute Gasteiger partial charge is 0.309 e. The van der Waals surface area contributed by atoms with Crippen LogP contribution in [0, 0.1) is 11.3 Å². The van der Waals surface area contributed by atoms with Crippen molar-refractivity contribution in [3.63, 3.8) is 0 Å². The van der Waals surface area contributed by atoms with Gasteiger partial charge in [0, 0.05) is 105 Å². The molecular weight excluding hydrogens is 1120 g/mol. The van der Waals surface area contributed by atoms with Gasteiger partial charge in [-0.1, -0.05) is 146 Å². The van der Waals surface area contributed by atoms with Crippen molar-refractivity contribution >= 4 is 131 Å². The van der Waals surface area contributed by atoms with Crippen LogP contribution >= 0.6 is 0 Å². The molecule has 0 aliphatic carbocycles. The fourth-order valence-corrected chi connectivity index (χ4v) is 15.7. The van der Waals surface area contributed by atoms with Crippen LogP contribution in [0.25, 0.3) is 176 Å². The minimum atomic E-state index is 0.533. The zero-order valence-corrected chi connectivity index (χ0v) is 49.4. The summed E-state index contributed by atoms with van der Waals surface area (Å²) in [5.74, 6) is 0. The minimum absolute atomic E-state index is 0.533. The molecule has 20 rings (SSSR count). The molecule has 0 N–H and O–H groups in total. The molecule has 7 heterocycles. The maximum Gasteiger partial charge on any atom is 0.0993 e. The van der Waals surface area contributed by atoms with Crippen LogP contribution in [0.1, 0.15) is 5.56 Å². The molecular formula is C84H50N8. The van der Waals surface area contributed by atoms with Crippen molar-refractivity contribution in [1.29, 1.82) is 5.26 Å². The van der Waals surface area contributed by atoms with E-state index in [0.29, 0.717) is 5.56 Å². The number of fused-ring (bicyclic) bond motifs is 18. The molecule has 0 saturated carbocycles. The van der Waals surface area contributed by atoms with Crippen molar-refractivity contribution < 1.29 is 0 Å². The van der Waals surface area contributed by atoms with Crippen molar-refractivity contribution in [2.75, 3.05) is 0 Å². The standard InChI is InChI=1S/C84H50N8/c85-51-52-45-82(91-78-37-33-54(87-70-25-9-1-17-58(70)59-18-2-10-26-71(59)87)47-66(78)67-48-55(34-38-79(67)91)88-72-27-11-3-19-60(72)61-20-4-12-28-73(61)88)84(53-41-43-86-44-42-53)83(46-52)92-80-39-35-56(89-74-29-13-5-21-62(74)63-22-6-14-30-75(63)89)49-68(80)69-50-57(36-40-81(69)92)90-76-31-15-7-23-64(76)65-24-8-16-32-77(65)90/h1-50H. The Balaban J connectivity index is 0.896. The molecule has 0 aliphatic rings. The highest BCUT2D eigenvalue weighted by Gasteiger charge is 2.27. The highest BCUT2D eigenvalue weighted by molar-refractivity contribution is 6.17. The van der Waals surface area contributed by atoms with Crippen molar-refractivity contribution in [1.82, 2.24) is 32.4 Å². The maximum absolute atomic E-state index is 11.6. The van der Waals surface area contributed by atoms with Gasteiger partial charge in [0.1, 0.15) is 0 Å². The summed E-state index contributed by atoms with van der Waals surface area (Å²) in [5.41, 5.74) is 21.6. The predicted molar refractivity (Wildman–Crippen MR) is 380 cm³/mol. The first-order valence-corrected chi connectivity index (χ1v) is 31.2. The number of rotatable bonds is 7. The second kappa shape index (κ2) is 19.2. The first-order valence-electron chi connectivity index (χ1n) is 31.2. The lowest BCUT2D eigenvalue weighted by atomic mass is 9.99. The lowest BCUT2D eigenvalue weighted by Gasteiger charge is -2.21. The van der Waals surface area contributed by atoms with Gasteiger partial charge in [0.25, 0.3) is 0 Å². The summed E-state index contributed by atoms with van der Waals surface area (Å²) in [4.78, 5) is 4.62. The number of benzene rings is 13. The fraction of sp³-hybridized carbons (Fsp3) is 0. The highest BCUT2D eigenvalue weighted by Crippen LogP contribution is 2.47. The van der Waals surface area contributed by atoms with Crippen molar-refractivity contribution in [2.24, 2.45) is 0 Å². The Morgan fingerprint density at radius 3 is 0.696 bits per heavy atom. The predicted octanol–water partition coefficient (Wildman–Crippen LogP) is 21.2. The molecule has 13 aromatic carbocycles. The highest BCUT2D eigenvalue weighted by atomic mass is 15.1. The summed E-state index contributed by atoms with van der Waals surface area (Å²) in [6.07, 6.45) is 3.76. The van der Waals surface area contributed by atoms with Crippen LogP contribution in [0.3, 0.4) is 0 Å². The van der Waals surface area contributed by atoms with Gasteiger partial charge in [-0.15, -0.1) is 0 Å². The Hall–Kier alpha value is -12.7. The van der Waals surface area contributed by atoms with Crippen LogP contribution < -0.4 is 0 Å². The molecule has 92 heavy (non-hydrogen) atoms. The molecule has 0 atom stereocenters. The third-order valence-electron chi connectivity index (χ3n) is 19.5. The first kappa shape index (κ1) is 50.3. The molecule has 0 spiro atoms. The minimum Gasteiger partial charge on any atom is -0.309 e. The zero-order valence-electron chi connectivity index (χ0n) is 49.4. The van der Waals surface area contributed by atoms with Crippen molar-refractivity contribution in [2.45, 2.75) is 0 Å². The molecule has 8 heteroatoms. The lowest BCUT2D eigenvalue weighted by molar-refractivity contribution is 1.12. The number of pyridine rings is 1. The maximum atomic E-state index is 11.6. The quantitative estimate of drug-likeness (QED) is 0.160. The Bertz CT molecular complexity index is 5660. The van der Waals surface area contributed by atoms with Gasteiger partial charge in [0.15, 0.2) is 0 Å². The topological polar surface area (TPSA) is 66.3 Å². The molecule has 20 aromatic rings. The fourth-order valence-electron chi connectivity index (χ4n) is 15.7. The van der Waals surface area contributed by atoms with Crippen LogP contribution in [0.4, 0.5) is 0 Å². The second-order valence-electron chi connectivity index (χ2n) is 24.2. The summed E-state index contributed by atoms with van der Waals surface area (Å²) in [6.45, 7) is 0. The number of hydrogen-bond acceptors (Lipinski definition) is 2. The van der Waals surface area contributed by atoms with Crippen molar-refractivity contribution in [3.05, 3.63) is 309 Å². The number of aromatic nitrogens is 7. The molecule has 0 unspecified atom stereocenters.